The number of fused-ring (bicyclic) bond motifs is 4. The third kappa shape index (κ3) is 4.25. The van der Waals surface area contributed by atoms with Crippen LogP contribution in [0.2, 0.25) is 5.02 Å². The number of halogens is 1. The number of hydrogen-bond donors (Lipinski definition) is 1. The van der Waals surface area contributed by atoms with E-state index in [4.69, 9.17) is 26.0 Å². The fraction of sp³-hybridized carbons (Fsp3) is 0.0270. The molecule has 0 aliphatic carbocycles. The molecule has 1 unspecified atom stereocenters. The number of furan rings is 1. The minimum Gasteiger partial charge on any atom is -0.456 e. The predicted molar refractivity (Wildman–Crippen MR) is 174 cm³/mol. The Morgan fingerprint density at radius 1 is 0.619 bits per heavy atom. The molecule has 1 atom stereocenters. The van der Waals surface area contributed by atoms with Crippen molar-refractivity contribution in [3.63, 3.8) is 0 Å². The highest BCUT2D eigenvalue weighted by molar-refractivity contribution is 6.31. The number of rotatable bonds is 4. The number of amidine groups is 2. The van der Waals surface area contributed by atoms with E-state index in [-0.39, 0.29) is 6.17 Å². The molecule has 1 N–H and O–H groups in total. The SMILES string of the molecule is Clc1ccc2c(c1)oc1cccc(-c3cc(C4=NC(c5ccccc5)=NC(c5ccccc5)N4)c4ccccc4c3)c12. The van der Waals surface area contributed by atoms with E-state index in [0.29, 0.717) is 10.9 Å². The van der Waals surface area contributed by atoms with Gasteiger partial charge < -0.3 is 9.73 Å². The lowest BCUT2D eigenvalue weighted by atomic mass is 9.93. The first kappa shape index (κ1) is 24.6. The third-order valence-electron chi connectivity index (χ3n) is 7.78. The van der Waals surface area contributed by atoms with Crippen LogP contribution in [0.1, 0.15) is 22.9 Å². The molecule has 200 valence electrons. The van der Waals surface area contributed by atoms with E-state index in [1.807, 2.05) is 66.7 Å². The van der Waals surface area contributed by atoms with Crippen molar-refractivity contribution < 1.29 is 4.42 Å². The van der Waals surface area contributed by atoms with Gasteiger partial charge in [-0.05, 0) is 57.8 Å². The van der Waals surface area contributed by atoms with Crippen molar-refractivity contribution in [1.82, 2.24) is 5.32 Å². The zero-order chi connectivity index (χ0) is 28.0. The van der Waals surface area contributed by atoms with Gasteiger partial charge in [0.15, 0.2) is 5.84 Å². The van der Waals surface area contributed by atoms with Crippen molar-refractivity contribution in [3.8, 4) is 11.1 Å². The van der Waals surface area contributed by atoms with E-state index >= 15 is 0 Å². The van der Waals surface area contributed by atoms with Gasteiger partial charge >= 0.3 is 0 Å². The summed E-state index contributed by atoms with van der Waals surface area (Å²) in [5, 5.41) is 8.66. The van der Waals surface area contributed by atoms with Crippen LogP contribution < -0.4 is 5.32 Å². The maximum absolute atomic E-state index is 6.30. The Balaban J connectivity index is 1.35. The summed E-state index contributed by atoms with van der Waals surface area (Å²) >= 11 is 6.30. The largest absolute Gasteiger partial charge is 0.456 e. The predicted octanol–water partition coefficient (Wildman–Crippen LogP) is 9.55. The summed E-state index contributed by atoms with van der Waals surface area (Å²) in [6.07, 6.45) is -0.276. The van der Waals surface area contributed by atoms with Gasteiger partial charge in [-0.25, -0.2) is 9.98 Å². The first-order chi connectivity index (χ1) is 20.7. The van der Waals surface area contributed by atoms with Crippen LogP contribution in [-0.4, -0.2) is 11.7 Å². The van der Waals surface area contributed by atoms with Crippen LogP contribution in [0.5, 0.6) is 0 Å². The molecule has 0 saturated carbocycles. The lowest BCUT2D eigenvalue weighted by Gasteiger charge is -2.24. The van der Waals surface area contributed by atoms with Crippen molar-refractivity contribution in [1.29, 1.82) is 0 Å². The Morgan fingerprint density at radius 3 is 2.26 bits per heavy atom. The van der Waals surface area contributed by atoms with Crippen LogP contribution >= 0.6 is 11.6 Å². The number of nitrogens with one attached hydrogen (secondary N) is 1. The van der Waals surface area contributed by atoms with E-state index in [0.717, 1.165) is 66.4 Å². The molecule has 0 radical (unpaired) electrons. The summed E-state index contributed by atoms with van der Waals surface area (Å²) < 4.78 is 6.22. The second-order valence-corrected chi connectivity index (χ2v) is 10.8. The lowest BCUT2D eigenvalue weighted by molar-refractivity contribution is 0.669. The van der Waals surface area contributed by atoms with Gasteiger partial charge in [0.05, 0.1) is 0 Å². The quantitative estimate of drug-likeness (QED) is 0.232. The average molecular weight is 562 g/mol. The van der Waals surface area contributed by atoms with Crippen LogP contribution in [0, 0.1) is 0 Å². The summed E-state index contributed by atoms with van der Waals surface area (Å²) in [4.78, 5) is 10.1. The van der Waals surface area contributed by atoms with E-state index in [1.54, 1.807) is 0 Å². The second-order valence-electron chi connectivity index (χ2n) is 10.4. The van der Waals surface area contributed by atoms with Crippen molar-refractivity contribution in [2.24, 2.45) is 9.98 Å². The van der Waals surface area contributed by atoms with Crippen molar-refractivity contribution in [3.05, 3.63) is 155 Å². The second kappa shape index (κ2) is 10.0. The minimum absolute atomic E-state index is 0.276. The van der Waals surface area contributed by atoms with Gasteiger partial charge in [-0.3, -0.25) is 0 Å². The van der Waals surface area contributed by atoms with Crippen LogP contribution in [0.25, 0.3) is 43.8 Å². The van der Waals surface area contributed by atoms with E-state index in [1.165, 1.54) is 0 Å². The van der Waals surface area contributed by atoms with Gasteiger partial charge in [0, 0.05) is 33.0 Å². The maximum atomic E-state index is 6.30. The Bertz CT molecular complexity index is 2180. The molecule has 1 aromatic heterocycles. The van der Waals surface area contributed by atoms with Gasteiger partial charge in [0.25, 0.3) is 0 Å². The molecular weight excluding hydrogens is 538 g/mol. The molecule has 0 amide bonds. The van der Waals surface area contributed by atoms with Crippen molar-refractivity contribution in [2.45, 2.75) is 6.17 Å². The molecule has 1 aliphatic rings. The van der Waals surface area contributed by atoms with Crippen LogP contribution in [0.3, 0.4) is 0 Å². The maximum Gasteiger partial charge on any atom is 0.159 e. The number of hydrogen-bond acceptors (Lipinski definition) is 4. The molecule has 42 heavy (non-hydrogen) atoms. The summed E-state index contributed by atoms with van der Waals surface area (Å²) in [6, 6.07) is 45.4. The molecule has 0 saturated heterocycles. The molecule has 2 heterocycles. The van der Waals surface area contributed by atoms with Gasteiger partial charge in [-0.15, -0.1) is 0 Å². The van der Waals surface area contributed by atoms with Crippen molar-refractivity contribution >= 4 is 56.0 Å². The molecule has 7 aromatic rings. The molecule has 0 spiro atoms. The average Bonchev–Trinajstić information content (AvgIpc) is 3.42. The van der Waals surface area contributed by atoms with Crippen LogP contribution in [0.15, 0.2) is 148 Å². The van der Waals surface area contributed by atoms with Crippen molar-refractivity contribution in [2.75, 3.05) is 0 Å². The first-order valence-corrected chi connectivity index (χ1v) is 14.3. The lowest BCUT2D eigenvalue weighted by Crippen LogP contribution is -2.33. The smallest absolute Gasteiger partial charge is 0.159 e. The van der Waals surface area contributed by atoms with E-state index in [2.05, 4.69) is 72.0 Å². The highest BCUT2D eigenvalue weighted by Crippen LogP contribution is 2.39. The zero-order valence-electron chi connectivity index (χ0n) is 22.5. The highest BCUT2D eigenvalue weighted by Gasteiger charge is 2.23. The van der Waals surface area contributed by atoms with Gasteiger partial charge in [-0.2, -0.15) is 0 Å². The van der Waals surface area contributed by atoms with E-state index < -0.39 is 0 Å². The standard InChI is InChI=1S/C37H24ClN3O/c38-27-18-19-30-33(22-27)42-32-17-9-16-29(34(30)32)26-20-25-14-7-8-15-28(25)31(21-26)37-40-35(23-10-3-1-4-11-23)39-36(41-37)24-12-5-2-6-13-24/h1-22,35H,(H,39,40,41). The van der Waals surface area contributed by atoms with E-state index in [9.17, 15) is 0 Å². The fourth-order valence-electron chi connectivity index (χ4n) is 5.81. The first-order valence-electron chi connectivity index (χ1n) is 13.9. The number of benzene rings is 6. The molecular formula is C37H24ClN3O. The molecule has 4 nitrogen and oxygen atoms in total. The molecule has 6 aromatic carbocycles. The Labute approximate surface area is 247 Å². The Kier molecular flexibility index (Phi) is 5.87. The van der Waals surface area contributed by atoms with Crippen LogP contribution in [-0.2, 0) is 0 Å². The van der Waals surface area contributed by atoms with Crippen LogP contribution in [0.4, 0.5) is 0 Å². The van der Waals surface area contributed by atoms with Gasteiger partial charge in [-0.1, -0.05) is 109 Å². The topological polar surface area (TPSA) is 49.9 Å². The molecule has 0 fully saturated rings. The normalized spacial score (nSPS) is 15.0. The Hall–Kier alpha value is -5.19. The highest BCUT2D eigenvalue weighted by atomic mass is 35.5. The summed E-state index contributed by atoms with van der Waals surface area (Å²) in [5.74, 6) is 1.49. The fourth-order valence-corrected chi connectivity index (χ4v) is 5.97. The summed E-state index contributed by atoms with van der Waals surface area (Å²) in [5.41, 5.74) is 6.84. The summed E-state index contributed by atoms with van der Waals surface area (Å²) in [7, 11) is 0. The summed E-state index contributed by atoms with van der Waals surface area (Å²) in [6.45, 7) is 0. The number of nitrogens with zero attached hydrogens (tertiary/aromatic N) is 2. The Morgan fingerprint density at radius 2 is 1.40 bits per heavy atom. The zero-order valence-corrected chi connectivity index (χ0v) is 23.2. The molecule has 8 rings (SSSR count). The monoisotopic (exact) mass is 561 g/mol. The minimum atomic E-state index is -0.276. The van der Waals surface area contributed by atoms with Gasteiger partial charge in [0.2, 0.25) is 0 Å². The molecule has 5 heteroatoms. The molecule has 1 aliphatic heterocycles. The van der Waals surface area contributed by atoms with Gasteiger partial charge in [0.1, 0.15) is 23.2 Å². The molecule has 0 bridgehead atoms. The number of aliphatic imine (C=N–C) groups is 2. The third-order valence-corrected chi connectivity index (χ3v) is 8.01.